The Labute approximate surface area is 160 Å². The van der Waals surface area contributed by atoms with Gasteiger partial charge in [0.25, 0.3) is 0 Å². The fourth-order valence-electron chi connectivity index (χ4n) is 3.14. The first kappa shape index (κ1) is 19.9. The zero-order chi connectivity index (χ0) is 19.3. The number of carbonyl (C=O) groups is 1. The Bertz CT molecular complexity index is 760. The van der Waals surface area contributed by atoms with E-state index in [1.165, 1.54) is 0 Å². The number of piperazine rings is 1. The van der Waals surface area contributed by atoms with Crippen LogP contribution in [0.15, 0.2) is 18.2 Å². The number of rotatable bonds is 8. The molecular weight excluding hydrogens is 370 g/mol. The molecule has 1 aromatic carbocycles. The molecule has 8 nitrogen and oxygen atoms in total. The van der Waals surface area contributed by atoms with E-state index in [1.54, 1.807) is 4.90 Å². The Morgan fingerprint density at radius 3 is 2.63 bits per heavy atom. The summed E-state index contributed by atoms with van der Waals surface area (Å²) in [5.41, 5.74) is 1.14. The van der Waals surface area contributed by atoms with E-state index in [1.807, 2.05) is 25.1 Å². The normalized spacial score (nSPS) is 17.3. The van der Waals surface area contributed by atoms with Crippen LogP contribution < -0.4 is 14.2 Å². The number of benzene rings is 1. The van der Waals surface area contributed by atoms with Crippen molar-refractivity contribution in [2.24, 2.45) is 0 Å². The van der Waals surface area contributed by atoms with Crippen LogP contribution in [-0.2, 0) is 21.4 Å². The van der Waals surface area contributed by atoms with E-state index >= 15 is 0 Å². The molecule has 1 fully saturated rings. The molecule has 0 spiro atoms. The van der Waals surface area contributed by atoms with Crippen LogP contribution in [0.5, 0.6) is 11.5 Å². The summed E-state index contributed by atoms with van der Waals surface area (Å²) in [5, 5.41) is 0. The molecule has 0 aromatic heterocycles. The second-order valence-electron chi connectivity index (χ2n) is 6.84. The van der Waals surface area contributed by atoms with Crippen molar-refractivity contribution in [3.05, 3.63) is 23.8 Å². The first-order chi connectivity index (χ1) is 13.0. The van der Waals surface area contributed by atoms with Gasteiger partial charge in [0, 0.05) is 32.7 Å². The highest BCUT2D eigenvalue weighted by Crippen LogP contribution is 2.32. The van der Waals surface area contributed by atoms with Crippen molar-refractivity contribution in [2.45, 2.75) is 26.3 Å². The molecule has 1 aromatic rings. The number of nitrogens with one attached hydrogen (secondary N) is 1. The number of hydrogen-bond donors (Lipinski definition) is 1. The van der Waals surface area contributed by atoms with Gasteiger partial charge in [-0.3, -0.25) is 9.69 Å². The highest BCUT2D eigenvalue weighted by molar-refractivity contribution is 7.89. The topological polar surface area (TPSA) is 88.2 Å². The molecule has 0 unspecified atom stereocenters. The van der Waals surface area contributed by atoms with E-state index in [9.17, 15) is 13.2 Å². The summed E-state index contributed by atoms with van der Waals surface area (Å²) in [6.45, 7) is 5.52. The summed E-state index contributed by atoms with van der Waals surface area (Å²) in [6.07, 6.45) is 1.41. The first-order valence-electron chi connectivity index (χ1n) is 9.33. The highest BCUT2D eigenvalue weighted by atomic mass is 32.2. The molecule has 0 aliphatic carbocycles. The number of unbranched alkanes of at least 4 members (excludes halogenated alkanes) is 1. The summed E-state index contributed by atoms with van der Waals surface area (Å²) < 4.78 is 36.7. The fourth-order valence-corrected chi connectivity index (χ4v) is 4.30. The smallest absolute Gasteiger partial charge is 0.237 e. The van der Waals surface area contributed by atoms with Crippen LogP contribution in [0.25, 0.3) is 0 Å². The van der Waals surface area contributed by atoms with Crippen molar-refractivity contribution >= 4 is 15.9 Å². The van der Waals surface area contributed by atoms with E-state index in [4.69, 9.17) is 9.47 Å². The van der Waals surface area contributed by atoms with Gasteiger partial charge in [-0.15, -0.1) is 0 Å². The van der Waals surface area contributed by atoms with Gasteiger partial charge in [-0.2, -0.15) is 0 Å². The van der Waals surface area contributed by atoms with Gasteiger partial charge >= 0.3 is 0 Å². The Hall–Kier alpha value is -1.84. The average molecular weight is 397 g/mol. The third-order valence-electron chi connectivity index (χ3n) is 4.78. The molecule has 0 saturated carbocycles. The van der Waals surface area contributed by atoms with Crippen LogP contribution in [0.1, 0.15) is 25.3 Å². The van der Waals surface area contributed by atoms with E-state index in [0.717, 1.165) is 43.1 Å². The summed E-state index contributed by atoms with van der Waals surface area (Å²) in [7, 11) is -3.36. The number of fused-ring (bicyclic) bond motifs is 1. The second kappa shape index (κ2) is 8.90. The molecule has 3 rings (SSSR count). The van der Waals surface area contributed by atoms with Crippen LogP contribution in [0.2, 0.25) is 0 Å². The zero-order valence-corrected chi connectivity index (χ0v) is 16.5. The van der Waals surface area contributed by atoms with Gasteiger partial charge < -0.3 is 14.4 Å². The van der Waals surface area contributed by atoms with Crippen LogP contribution in [0.4, 0.5) is 0 Å². The molecular formula is C18H27N3O5S. The molecule has 0 bridgehead atoms. The van der Waals surface area contributed by atoms with Crippen LogP contribution in [0, 0.1) is 0 Å². The van der Waals surface area contributed by atoms with Crippen molar-refractivity contribution in [3.8, 4) is 11.5 Å². The summed E-state index contributed by atoms with van der Waals surface area (Å²) in [6, 6.07) is 5.93. The monoisotopic (exact) mass is 397 g/mol. The molecule has 0 radical (unpaired) electrons. The largest absolute Gasteiger partial charge is 0.454 e. The number of hydrogen-bond acceptors (Lipinski definition) is 6. The van der Waals surface area contributed by atoms with Gasteiger partial charge in [-0.25, -0.2) is 13.1 Å². The van der Waals surface area contributed by atoms with Crippen molar-refractivity contribution in [3.63, 3.8) is 0 Å². The van der Waals surface area contributed by atoms with Gasteiger partial charge in [0.15, 0.2) is 11.5 Å². The van der Waals surface area contributed by atoms with Crippen LogP contribution in [0.3, 0.4) is 0 Å². The number of nitrogens with zero attached hydrogens (tertiary/aromatic N) is 2. The maximum atomic E-state index is 12.3. The predicted molar refractivity (Wildman–Crippen MR) is 101 cm³/mol. The molecule has 1 N–H and O–H groups in total. The summed E-state index contributed by atoms with van der Waals surface area (Å²) >= 11 is 0. The zero-order valence-electron chi connectivity index (χ0n) is 15.6. The maximum absolute atomic E-state index is 12.3. The average Bonchev–Trinajstić information content (AvgIpc) is 3.13. The predicted octanol–water partition coefficient (Wildman–Crippen LogP) is 0.779. The maximum Gasteiger partial charge on any atom is 0.237 e. The number of amides is 1. The van der Waals surface area contributed by atoms with E-state index in [-0.39, 0.29) is 25.0 Å². The Morgan fingerprint density at radius 1 is 1.15 bits per heavy atom. The minimum absolute atomic E-state index is 0.0695. The van der Waals surface area contributed by atoms with Gasteiger partial charge in [0.2, 0.25) is 22.7 Å². The van der Waals surface area contributed by atoms with E-state index in [2.05, 4.69) is 9.62 Å². The lowest BCUT2D eigenvalue weighted by Crippen LogP contribution is -2.50. The van der Waals surface area contributed by atoms with E-state index < -0.39 is 10.0 Å². The first-order valence-corrected chi connectivity index (χ1v) is 11.0. The molecule has 0 atom stereocenters. The quantitative estimate of drug-likeness (QED) is 0.697. The SMILES string of the molecule is CCCCS(=O)(=O)NCC(=O)N1CCN(Cc2ccc3c(c2)OCO3)CC1. The lowest BCUT2D eigenvalue weighted by atomic mass is 10.1. The Balaban J connectivity index is 1.42. The highest BCUT2D eigenvalue weighted by Gasteiger charge is 2.23. The van der Waals surface area contributed by atoms with E-state index in [0.29, 0.717) is 19.5 Å². The Kier molecular flexibility index (Phi) is 6.56. The lowest BCUT2D eigenvalue weighted by Gasteiger charge is -2.34. The number of carbonyl (C=O) groups excluding carboxylic acids is 1. The van der Waals surface area contributed by atoms with Crippen molar-refractivity contribution in [1.82, 2.24) is 14.5 Å². The van der Waals surface area contributed by atoms with Crippen molar-refractivity contribution in [2.75, 3.05) is 45.3 Å². The summed E-state index contributed by atoms with van der Waals surface area (Å²) in [5.74, 6) is 1.45. The van der Waals surface area contributed by atoms with Gasteiger partial charge in [-0.05, 0) is 24.1 Å². The van der Waals surface area contributed by atoms with Gasteiger partial charge in [0.05, 0.1) is 12.3 Å². The molecule has 9 heteroatoms. The standard InChI is InChI=1S/C18H27N3O5S/c1-2-3-10-27(23,24)19-12-18(22)21-8-6-20(7-9-21)13-15-4-5-16-17(11-15)26-14-25-16/h4-5,11,19H,2-3,6-10,12-14H2,1H3. The fraction of sp³-hybridized carbons (Fsp3) is 0.611. The minimum atomic E-state index is -3.36. The number of sulfonamides is 1. The van der Waals surface area contributed by atoms with Crippen molar-refractivity contribution in [1.29, 1.82) is 0 Å². The lowest BCUT2D eigenvalue weighted by molar-refractivity contribution is -0.131. The van der Waals surface area contributed by atoms with Crippen molar-refractivity contribution < 1.29 is 22.7 Å². The molecule has 1 saturated heterocycles. The van der Waals surface area contributed by atoms with Crippen LogP contribution in [-0.4, -0.2) is 69.4 Å². The number of ether oxygens (including phenoxy) is 2. The molecule has 27 heavy (non-hydrogen) atoms. The third-order valence-corrected chi connectivity index (χ3v) is 6.19. The Morgan fingerprint density at radius 2 is 1.89 bits per heavy atom. The third kappa shape index (κ3) is 5.57. The molecule has 150 valence electrons. The molecule has 2 aliphatic rings. The molecule has 2 aliphatic heterocycles. The van der Waals surface area contributed by atoms with Crippen LogP contribution >= 0.6 is 0 Å². The second-order valence-corrected chi connectivity index (χ2v) is 8.76. The van der Waals surface area contributed by atoms with Gasteiger partial charge in [-0.1, -0.05) is 19.4 Å². The molecule has 1 amide bonds. The molecule has 2 heterocycles. The van der Waals surface area contributed by atoms with Gasteiger partial charge in [0.1, 0.15) is 0 Å². The summed E-state index contributed by atoms with van der Waals surface area (Å²) in [4.78, 5) is 16.3. The minimum Gasteiger partial charge on any atom is -0.454 e.